The van der Waals surface area contributed by atoms with Crippen molar-refractivity contribution < 1.29 is 24.3 Å². The number of carbonyl (C=O) groups excluding carboxylic acids is 3. The molecule has 2 rings (SSSR count). The molecule has 0 radical (unpaired) electrons. The Morgan fingerprint density at radius 1 is 0.974 bits per heavy atom. The molecule has 0 bridgehead atoms. The van der Waals surface area contributed by atoms with Gasteiger partial charge in [-0.25, -0.2) is 9.78 Å². The van der Waals surface area contributed by atoms with E-state index in [0.29, 0.717) is 12.1 Å². The first kappa shape index (κ1) is 29.8. The smallest absolute Gasteiger partial charge is 0.326 e. The number of aromatic nitrogens is 2. The van der Waals surface area contributed by atoms with Gasteiger partial charge in [-0.1, -0.05) is 30.3 Å². The van der Waals surface area contributed by atoms with Crippen LogP contribution in [0.25, 0.3) is 0 Å². The number of nitrogens with zero attached hydrogens (tertiary/aromatic N) is 2. The van der Waals surface area contributed by atoms with Crippen LogP contribution in [-0.2, 0) is 32.0 Å². The maximum Gasteiger partial charge on any atom is 0.326 e. The molecule has 4 unspecified atom stereocenters. The maximum atomic E-state index is 13.3. The van der Waals surface area contributed by atoms with Crippen molar-refractivity contribution in [2.75, 3.05) is 6.54 Å². The number of aromatic amines is 1. The van der Waals surface area contributed by atoms with Gasteiger partial charge in [-0.2, -0.15) is 0 Å². The van der Waals surface area contributed by atoms with Crippen LogP contribution in [0.2, 0.25) is 0 Å². The average molecular weight is 530 g/mol. The van der Waals surface area contributed by atoms with Gasteiger partial charge in [0, 0.05) is 31.3 Å². The van der Waals surface area contributed by atoms with Gasteiger partial charge in [-0.3, -0.25) is 19.4 Å². The van der Waals surface area contributed by atoms with Crippen molar-refractivity contribution in [3.05, 3.63) is 54.1 Å². The van der Waals surface area contributed by atoms with Gasteiger partial charge in [0.25, 0.3) is 0 Å². The van der Waals surface area contributed by atoms with Gasteiger partial charge in [0.05, 0.1) is 12.4 Å². The predicted molar refractivity (Wildman–Crippen MR) is 139 cm³/mol. The Balaban J connectivity index is 2.20. The summed E-state index contributed by atoms with van der Waals surface area (Å²) >= 11 is 0. The lowest BCUT2D eigenvalue weighted by atomic mass is 10.0. The van der Waals surface area contributed by atoms with Crippen LogP contribution in [0.1, 0.15) is 31.0 Å². The van der Waals surface area contributed by atoms with E-state index in [1.165, 1.54) is 19.4 Å². The zero-order valence-electron chi connectivity index (χ0n) is 21.1. The minimum absolute atomic E-state index is 0.00277. The number of hydrogen-bond donors (Lipinski definition) is 8. The lowest BCUT2D eigenvalue weighted by molar-refractivity contribution is -0.142. The standard InChI is InChI=1S/C24H35N9O5/c1-14(25)20(34)32-18(10-15-6-3-2-4-7-15)21(35)33-19(11-16-12-28-13-30-16)22(36)31-17(23(37)38)8-5-9-29-24(26)27/h2-4,6-7,12-14,17-19H,5,8-11,25H2,1H3,(H,28,30)(H,31,36)(H,32,34)(H,33,35)(H,37,38)(H4,26,27,29). The molecule has 2 aromatic rings. The number of hydrogen-bond acceptors (Lipinski definition) is 7. The summed E-state index contributed by atoms with van der Waals surface area (Å²) in [7, 11) is 0. The minimum atomic E-state index is -1.25. The molecule has 11 N–H and O–H groups in total. The Morgan fingerprint density at radius 2 is 1.58 bits per heavy atom. The van der Waals surface area contributed by atoms with Crippen LogP contribution in [0.3, 0.4) is 0 Å². The molecule has 1 aromatic heterocycles. The van der Waals surface area contributed by atoms with Crippen LogP contribution in [0.15, 0.2) is 47.8 Å². The molecule has 0 saturated heterocycles. The van der Waals surface area contributed by atoms with Crippen LogP contribution in [0.5, 0.6) is 0 Å². The van der Waals surface area contributed by atoms with Crippen molar-refractivity contribution in [3.63, 3.8) is 0 Å². The first-order chi connectivity index (χ1) is 18.1. The second-order valence-corrected chi connectivity index (χ2v) is 8.73. The normalized spacial score (nSPS) is 13.8. The molecule has 0 fully saturated rings. The second-order valence-electron chi connectivity index (χ2n) is 8.73. The molecule has 0 aliphatic carbocycles. The van der Waals surface area contributed by atoms with Crippen molar-refractivity contribution in [1.29, 1.82) is 0 Å². The number of aliphatic carboxylic acids is 1. The van der Waals surface area contributed by atoms with E-state index in [-0.39, 0.29) is 31.8 Å². The van der Waals surface area contributed by atoms with Gasteiger partial charge in [0.1, 0.15) is 18.1 Å². The number of aliphatic imine (C=N–C) groups is 1. The molecule has 0 spiro atoms. The molecular formula is C24H35N9O5. The van der Waals surface area contributed by atoms with E-state index in [1.807, 2.05) is 6.07 Å². The van der Waals surface area contributed by atoms with Gasteiger partial charge >= 0.3 is 5.97 Å². The number of rotatable bonds is 15. The van der Waals surface area contributed by atoms with Crippen LogP contribution < -0.4 is 33.2 Å². The first-order valence-electron chi connectivity index (χ1n) is 12.0. The Kier molecular flexibility index (Phi) is 11.7. The second kappa shape index (κ2) is 14.9. The van der Waals surface area contributed by atoms with Crippen LogP contribution in [-0.4, -0.2) is 75.4 Å². The average Bonchev–Trinajstić information content (AvgIpc) is 3.38. The summed E-state index contributed by atoms with van der Waals surface area (Å²) in [5.74, 6) is -3.27. The van der Waals surface area contributed by atoms with Crippen molar-refractivity contribution in [2.45, 2.75) is 56.8 Å². The van der Waals surface area contributed by atoms with E-state index in [1.54, 1.807) is 24.3 Å². The Labute approximate surface area is 219 Å². The number of benzene rings is 1. The Hall–Kier alpha value is -4.46. The Morgan fingerprint density at radius 3 is 2.13 bits per heavy atom. The monoisotopic (exact) mass is 529 g/mol. The number of nitrogens with one attached hydrogen (secondary N) is 4. The van der Waals surface area contributed by atoms with E-state index in [4.69, 9.17) is 17.2 Å². The molecule has 206 valence electrons. The molecule has 14 nitrogen and oxygen atoms in total. The molecule has 0 aliphatic heterocycles. The fraction of sp³-hybridized carbons (Fsp3) is 0.417. The zero-order chi connectivity index (χ0) is 28.1. The number of amides is 3. The van der Waals surface area contributed by atoms with E-state index in [9.17, 15) is 24.3 Å². The molecule has 38 heavy (non-hydrogen) atoms. The van der Waals surface area contributed by atoms with Gasteiger partial charge in [-0.05, 0) is 25.3 Å². The number of carboxylic acid groups (broad SMARTS) is 1. The van der Waals surface area contributed by atoms with Gasteiger partial charge in [0.2, 0.25) is 17.7 Å². The van der Waals surface area contributed by atoms with Crippen LogP contribution in [0.4, 0.5) is 0 Å². The third-order valence-corrected chi connectivity index (χ3v) is 5.50. The summed E-state index contributed by atoms with van der Waals surface area (Å²) in [6, 6.07) is 4.70. The third kappa shape index (κ3) is 10.3. The molecule has 3 amide bonds. The molecular weight excluding hydrogens is 494 g/mol. The molecule has 0 aliphatic rings. The summed E-state index contributed by atoms with van der Waals surface area (Å²) in [6.45, 7) is 1.68. The molecule has 1 aromatic carbocycles. The van der Waals surface area contributed by atoms with E-state index >= 15 is 0 Å². The number of guanidine groups is 1. The predicted octanol–water partition coefficient (Wildman–Crippen LogP) is -1.87. The summed E-state index contributed by atoms with van der Waals surface area (Å²) in [5, 5.41) is 17.3. The van der Waals surface area contributed by atoms with Crippen molar-refractivity contribution in [1.82, 2.24) is 25.9 Å². The fourth-order valence-electron chi connectivity index (χ4n) is 3.49. The van der Waals surface area contributed by atoms with Gasteiger partial charge in [0.15, 0.2) is 5.96 Å². The fourth-order valence-corrected chi connectivity index (χ4v) is 3.49. The number of H-pyrrole nitrogens is 1. The topological polar surface area (TPSA) is 244 Å². The lowest BCUT2D eigenvalue weighted by Crippen LogP contribution is -2.58. The van der Waals surface area contributed by atoms with Crippen molar-refractivity contribution in [3.8, 4) is 0 Å². The third-order valence-electron chi connectivity index (χ3n) is 5.50. The summed E-state index contributed by atoms with van der Waals surface area (Å²) in [4.78, 5) is 61.1. The van der Waals surface area contributed by atoms with Crippen molar-refractivity contribution in [2.24, 2.45) is 22.2 Å². The van der Waals surface area contributed by atoms with Gasteiger partial charge < -0.3 is 43.2 Å². The highest BCUT2D eigenvalue weighted by atomic mass is 16.4. The Bertz CT molecular complexity index is 1090. The van der Waals surface area contributed by atoms with Crippen molar-refractivity contribution >= 4 is 29.7 Å². The molecule has 14 heteroatoms. The summed E-state index contributed by atoms with van der Waals surface area (Å²) in [6.07, 6.45) is 3.40. The van der Waals surface area contributed by atoms with E-state index in [0.717, 1.165) is 5.56 Å². The number of nitrogens with two attached hydrogens (primary N) is 3. The highest BCUT2D eigenvalue weighted by Crippen LogP contribution is 2.07. The molecule has 0 saturated carbocycles. The quantitative estimate of drug-likeness (QED) is 0.0731. The number of carboxylic acids is 1. The van der Waals surface area contributed by atoms with Crippen LogP contribution >= 0.6 is 0 Å². The van der Waals surface area contributed by atoms with E-state index < -0.39 is 47.9 Å². The van der Waals surface area contributed by atoms with Gasteiger partial charge in [-0.15, -0.1) is 0 Å². The van der Waals surface area contributed by atoms with Crippen LogP contribution in [0, 0.1) is 0 Å². The summed E-state index contributed by atoms with van der Waals surface area (Å²) < 4.78 is 0. The maximum absolute atomic E-state index is 13.3. The minimum Gasteiger partial charge on any atom is -0.480 e. The molecule has 1 heterocycles. The number of carbonyl (C=O) groups is 4. The molecule has 4 atom stereocenters. The van der Waals surface area contributed by atoms with E-state index in [2.05, 4.69) is 30.9 Å². The lowest BCUT2D eigenvalue weighted by Gasteiger charge is -2.25. The number of imidazole rings is 1. The largest absolute Gasteiger partial charge is 0.480 e. The highest BCUT2D eigenvalue weighted by molar-refractivity contribution is 5.94. The first-order valence-corrected chi connectivity index (χ1v) is 12.0. The SMILES string of the molecule is CC(N)C(=O)NC(Cc1ccccc1)C(=O)NC(Cc1cnc[nH]1)C(=O)NC(CCCN=C(N)N)C(=O)O. The summed E-state index contributed by atoms with van der Waals surface area (Å²) in [5.41, 5.74) is 17.5. The highest BCUT2D eigenvalue weighted by Gasteiger charge is 2.30. The zero-order valence-corrected chi connectivity index (χ0v) is 21.1.